The molecule has 4 rings (SSSR count). The average Bonchev–Trinajstić information content (AvgIpc) is 3.39. The van der Waals surface area contributed by atoms with E-state index in [0.29, 0.717) is 18.7 Å². The molecule has 2 aromatic heterocycles. The number of nitrogens with one attached hydrogen (secondary N) is 2. The molecule has 8 nitrogen and oxygen atoms in total. The maximum atomic E-state index is 12.9. The summed E-state index contributed by atoms with van der Waals surface area (Å²) in [7, 11) is 0. The van der Waals surface area contributed by atoms with Gasteiger partial charge < -0.3 is 14.8 Å². The molecule has 3 N–H and O–H groups in total. The first-order valence-electron chi connectivity index (χ1n) is 10.5. The van der Waals surface area contributed by atoms with Gasteiger partial charge in [0.15, 0.2) is 0 Å². The van der Waals surface area contributed by atoms with Gasteiger partial charge in [-0.05, 0) is 73.0 Å². The Bertz CT molecular complexity index is 1070. The monoisotopic (exact) mass is 431 g/mol. The molecule has 0 saturated carbocycles. The lowest BCUT2D eigenvalue weighted by Gasteiger charge is -2.32. The van der Waals surface area contributed by atoms with Crippen LogP contribution in [0.3, 0.4) is 0 Å². The van der Waals surface area contributed by atoms with E-state index in [1.54, 1.807) is 17.8 Å². The third kappa shape index (κ3) is 5.22. The first-order chi connectivity index (χ1) is 15.6. The van der Waals surface area contributed by atoms with Gasteiger partial charge in [-0.3, -0.25) is 14.8 Å². The van der Waals surface area contributed by atoms with Crippen molar-refractivity contribution in [1.29, 1.82) is 0 Å². The molecule has 1 fully saturated rings. The number of hydrogen-bond donors (Lipinski definition) is 3. The van der Waals surface area contributed by atoms with E-state index >= 15 is 0 Å². The number of carbonyl (C=O) groups is 2. The van der Waals surface area contributed by atoms with E-state index in [0.717, 1.165) is 29.9 Å². The van der Waals surface area contributed by atoms with Crippen molar-refractivity contribution in [1.82, 2.24) is 19.9 Å². The Hall–Kier alpha value is -3.91. The molecule has 32 heavy (non-hydrogen) atoms. The molecule has 1 aromatic carbocycles. The first-order valence-corrected chi connectivity index (χ1v) is 10.5. The maximum absolute atomic E-state index is 12.9. The van der Waals surface area contributed by atoms with Crippen molar-refractivity contribution < 1.29 is 14.8 Å². The number of amides is 2. The predicted octanol–water partition coefficient (Wildman–Crippen LogP) is 3.11. The van der Waals surface area contributed by atoms with E-state index < -0.39 is 5.91 Å². The fraction of sp³-hybridized carbons (Fsp3) is 0.208. The lowest BCUT2D eigenvalue weighted by atomic mass is 10.0. The van der Waals surface area contributed by atoms with Gasteiger partial charge in [-0.25, -0.2) is 10.5 Å². The standard InChI is InChI=1S/C24H25N5O3/c30-23(27-32)10-4-18-3-9-22(25-17-18)26-20-11-15-29(16-12-20)24(31)19-5-7-21(8-6-19)28-13-1-2-14-28/h1-10,13-14,17,20,32H,11-12,15-16H2,(H,25,26)(H,27,30). The smallest absolute Gasteiger partial charge is 0.267 e. The number of likely N-dealkylation sites (tertiary alicyclic amines) is 1. The molecule has 1 aliphatic heterocycles. The Kier molecular flexibility index (Phi) is 6.62. The minimum atomic E-state index is -0.592. The summed E-state index contributed by atoms with van der Waals surface area (Å²) >= 11 is 0. The van der Waals surface area contributed by atoms with Gasteiger partial charge in [-0.2, -0.15) is 0 Å². The van der Waals surface area contributed by atoms with Crippen LogP contribution in [-0.4, -0.2) is 50.6 Å². The number of rotatable bonds is 6. The summed E-state index contributed by atoms with van der Waals surface area (Å²) in [5, 5.41) is 11.9. The molecule has 0 atom stereocenters. The maximum Gasteiger partial charge on any atom is 0.267 e. The summed E-state index contributed by atoms with van der Waals surface area (Å²) in [6, 6.07) is 15.5. The summed E-state index contributed by atoms with van der Waals surface area (Å²) in [4.78, 5) is 30.2. The summed E-state index contributed by atoms with van der Waals surface area (Å²) in [6.07, 6.45) is 10.1. The number of piperidine rings is 1. The Morgan fingerprint density at radius 1 is 1.03 bits per heavy atom. The van der Waals surface area contributed by atoms with Crippen LogP contribution in [0.2, 0.25) is 0 Å². The second-order valence-electron chi connectivity index (χ2n) is 7.63. The van der Waals surface area contributed by atoms with E-state index in [-0.39, 0.29) is 11.9 Å². The molecule has 3 heterocycles. The minimum absolute atomic E-state index is 0.0590. The van der Waals surface area contributed by atoms with Gasteiger partial charge in [0.25, 0.3) is 11.8 Å². The van der Waals surface area contributed by atoms with Crippen molar-refractivity contribution in [2.75, 3.05) is 18.4 Å². The molecule has 0 bridgehead atoms. The van der Waals surface area contributed by atoms with E-state index in [4.69, 9.17) is 5.21 Å². The molecule has 2 amide bonds. The highest BCUT2D eigenvalue weighted by Gasteiger charge is 2.23. The van der Waals surface area contributed by atoms with Crippen molar-refractivity contribution in [3.63, 3.8) is 0 Å². The molecule has 8 heteroatoms. The van der Waals surface area contributed by atoms with Crippen molar-refractivity contribution in [3.05, 3.63) is 84.3 Å². The number of nitrogens with zero attached hydrogens (tertiary/aromatic N) is 3. The van der Waals surface area contributed by atoms with Gasteiger partial charge >= 0.3 is 0 Å². The van der Waals surface area contributed by atoms with Crippen LogP contribution in [0.5, 0.6) is 0 Å². The van der Waals surface area contributed by atoms with E-state index in [9.17, 15) is 9.59 Å². The lowest BCUT2D eigenvalue weighted by Crippen LogP contribution is -2.42. The molecule has 1 saturated heterocycles. The summed E-state index contributed by atoms with van der Waals surface area (Å²) in [5.41, 5.74) is 4.02. The number of pyridine rings is 1. The lowest BCUT2D eigenvalue weighted by molar-refractivity contribution is -0.124. The van der Waals surface area contributed by atoms with Gasteiger partial charge in [-0.1, -0.05) is 0 Å². The van der Waals surface area contributed by atoms with E-state index in [1.165, 1.54) is 6.08 Å². The largest absolute Gasteiger partial charge is 0.367 e. The molecule has 0 radical (unpaired) electrons. The Labute approximate surface area is 186 Å². The van der Waals surface area contributed by atoms with Crippen LogP contribution in [0, 0.1) is 0 Å². The quantitative estimate of drug-likeness (QED) is 0.316. The topological polar surface area (TPSA) is 99.5 Å². The van der Waals surface area contributed by atoms with Crippen molar-refractivity contribution in [2.45, 2.75) is 18.9 Å². The van der Waals surface area contributed by atoms with Crippen LogP contribution < -0.4 is 10.8 Å². The van der Waals surface area contributed by atoms with Gasteiger partial charge in [0.05, 0.1) is 0 Å². The highest BCUT2D eigenvalue weighted by atomic mass is 16.5. The molecule has 0 spiro atoms. The van der Waals surface area contributed by atoms with Gasteiger partial charge in [0.2, 0.25) is 0 Å². The van der Waals surface area contributed by atoms with Gasteiger partial charge in [-0.15, -0.1) is 0 Å². The van der Waals surface area contributed by atoms with Crippen LogP contribution >= 0.6 is 0 Å². The number of hydrogen-bond acceptors (Lipinski definition) is 5. The van der Waals surface area contributed by atoms with Crippen molar-refractivity contribution in [3.8, 4) is 5.69 Å². The second kappa shape index (κ2) is 9.93. The fourth-order valence-electron chi connectivity index (χ4n) is 3.70. The molecule has 0 unspecified atom stereocenters. The summed E-state index contributed by atoms with van der Waals surface area (Å²) in [5.74, 6) is 0.216. The van der Waals surface area contributed by atoms with Crippen LogP contribution in [0.25, 0.3) is 11.8 Å². The zero-order valence-corrected chi connectivity index (χ0v) is 17.5. The number of benzene rings is 1. The number of carbonyl (C=O) groups excluding carboxylic acids is 2. The van der Waals surface area contributed by atoms with Crippen molar-refractivity contribution in [2.24, 2.45) is 0 Å². The number of hydroxylamine groups is 1. The van der Waals surface area contributed by atoms with Crippen molar-refractivity contribution >= 4 is 23.7 Å². The number of aromatic nitrogens is 2. The van der Waals surface area contributed by atoms with E-state index in [1.807, 2.05) is 70.4 Å². The zero-order valence-electron chi connectivity index (χ0n) is 17.5. The summed E-state index contributed by atoms with van der Waals surface area (Å²) < 4.78 is 2.01. The number of anilines is 1. The van der Waals surface area contributed by atoms with Gasteiger partial charge in [0, 0.05) is 55.0 Å². The third-order valence-electron chi connectivity index (χ3n) is 5.47. The minimum Gasteiger partial charge on any atom is -0.367 e. The normalized spacial score (nSPS) is 14.5. The molecule has 1 aliphatic rings. The highest BCUT2D eigenvalue weighted by molar-refractivity contribution is 5.94. The zero-order chi connectivity index (χ0) is 22.3. The SMILES string of the molecule is O=C(C=Cc1ccc(NC2CCN(C(=O)c3ccc(-n4cccc4)cc3)CC2)nc1)NO. The van der Waals surface area contributed by atoms with Crippen LogP contribution in [0.4, 0.5) is 5.82 Å². The predicted molar refractivity (Wildman–Crippen MR) is 122 cm³/mol. The molecular formula is C24H25N5O3. The molecule has 164 valence electrons. The Morgan fingerprint density at radius 2 is 1.75 bits per heavy atom. The Morgan fingerprint density at radius 3 is 2.38 bits per heavy atom. The van der Waals surface area contributed by atoms with Crippen LogP contribution in [0.1, 0.15) is 28.8 Å². The Balaban J connectivity index is 1.28. The molecule has 3 aromatic rings. The van der Waals surface area contributed by atoms with E-state index in [2.05, 4.69) is 10.3 Å². The molecular weight excluding hydrogens is 406 g/mol. The molecule has 0 aliphatic carbocycles. The van der Waals surface area contributed by atoms with Gasteiger partial charge in [0.1, 0.15) is 5.82 Å². The third-order valence-corrected chi connectivity index (χ3v) is 5.47. The summed E-state index contributed by atoms with van der Waals surface area (Å²) in [6.45, 7) is 1.37. The van der Waals surface area contributed by atoms with Crippen LogP contribution in [-0.2, 0) is 4.79 Å². The second-order valence-corrected chi connectivity index (χ2v) is 7.63. The highest BCUT2D eigenvalue weighted by Crippen LogP contribution is 2.19. The first kappa shape index (κ1) is 21.3. The van der Waals surface area contributed by atoms with Crippen LogP contribution in [0.15, 0.2) is 73.2 Å². The average molecular weight is 431 g/mol. The fourth-order valence-corrected chi connectivity index (χ4v) is 3.70.